The van der Waals surface area contributed by atoms with Crippen LogP contribution in [-0.2, 0) is 4.74 Å². The van der Waals surface area contributed by atoms with Gasteiger partial charge in [0.25, 0.3) is 5.92 Å². The Labute approximate surface area is 143 Å². The number of likely N-dealkylation sites (tertiary alicyclic amines) is 1. The highest BCUT2D eigenvalue weighted by Gasteiger charge is 2.83. The molecule has 0 spiro atoms. The van der Waals surface area contributed by atoms with Crippen LogP contribution in [0.2, 0.25) is 0 Å². The minimum absolute atomic E-state index is 0.134. The van der Waals surface area contributed by atoms with Crippen LogP contribution in [0.3, 0.4) is 0 Å². The van der Waals surface area contributed by atoms with Crippen LogP contribution in [0.25, 0.3) is 0 Å². The summed E-state index contributed by atoms with van der Waals surface area (Å²) in [5.41, 5.74) is -1.58. The van der Waals surface area contributed by atoms with Gasteiger partial charge in [0, 0.05) is 13.1 Å². The zero-order valence-corrected chi connectivity index (χ0v) is 15.0. The van der Waals surface area contributed by atoms with Crippen molar-refractivity contribution in [2.45, 2.75) is 64.4 Å². The fourth-order valence-corrected chi connectivity index (χ4v) is 4.48. The Bertz CT molecular complexity index is 486. The second kappa shape index (κ2) is 6.11. The van der Waals surface area contributed by atoms with Crippen molar-refractivity contribution in [3.05, 3.63) is 0 Å². The van der Waals surface area contributed by atoms with Crippen LogP contribution in [0.1, 0.15) is 52.9 Å². The van der Waals surface area contributed by atoms with E-state index in [0.29, 0.717) is 12.3 Å². The van der Waals surface area contributed by atoms with E-state index in [1.165, 1.54) is 4.90 Å². The van der Waals surface area contributed by atoms with E-state index in [0.717, 1.165) is 38.8 Å². The fourth-order valence-electron chi connectivity index (χ4n) is 4.48. The van der Waals surface area contributed by atoms with Gasteiger partial charge in [-0.25, -0.2) is 13.6 Å². The predicted octanol–water partition coefficient (Wildman–Crippen LogP) is 3.66. The second-order valence-corrected chi connectivity index (χ2v) is 8.78. The fraction of sp³-hybridized carbons (Fsp3) is 0.944. The van der Waals surface area contributed by atoms with Crippen molar-refractivity contribution < 1.29 is 18.3 Å². The molecule has 2 aliphatic heterocycles. The number of fused-ring (bicyclic) bond motifs is 1. The van der Waals surface area contributed by atoms with E-state index < -0.39 is 28.9 Å². The number of alkyl halides is 2. The molecule has 1 aliphatic carbocycles. The number of hydrogen-bond donors (Lipinski definition) is 1. The van der Waals surface area contributed by atoms with Crippen LogP contribution in [0, 0.1) is 17.3 Å². The molecule has 3 rings (SSSR count). The summed E-state index contributed by atoms with van der Waals surface area (Å²) in [7, 11) is 0. The van der Waals surface area contributed by atoms with Crippen LogP contribution >= 0.6 is 0 Å². The Kier molecular flexibility index (Phi) is 4.56. The van der Waals surface area contributed by atoms with E-state index in [4.69, 9.17) is 4.74 Å². The number of carbonyl (C=O) groups excluding carboxylic acids is 1. The van der Waals surface area contributed by atoms with E-state index in [1.807, 2.05) is 0 Å². The third-order valence-electron chi connectivity index (χ3n) is 5.91. The number of piperidine rings is 2. The standard InChI is InChI=1S/C18H30F2N2O2/c1-16(2,3)24-15(23)22-11-14-17(12-22,18(14,19)20)8-4-5-13-6-9-21-10-7-13/h13-14,21H,4-12H2,1-3H3. The van der Waals surface area contributed by atoms with Crippen molar-refractivity contribution in [3.8, 4) is 0 Å². The molecular weight excluding hydrogens is 314 g/mol. The normalized spacial score (nSPS) is 32.5. The molecule has 138 valence electrons. The maximum atomic E-state index is 14.2. The molecule has 0 aromatic heterocycles. The van der Waals surface area contributed by atoms with E-state index in [-0.39, 0.29) is 13.1 Å². The largest absolute Gasteiger partial charge is 0.444 e. The summed E-state index contributed by atoms with van der Waals surface area (Å²) in [5, 5.41) is 3.33. The van der Waals surface area contributed by atoms with Gasteiger partial charge in [0.15, 0.2) is 0 Å². The first-order valence-electron chi connectivity index (χ1n) is 9.22. The van der Waals surface area contributed by atoms with E-state index in [1.54, 1.807) is 20.8 Å². The van der Waals surface area contributed by atoms with Crippen molar-refractivity contribution in [2.75, 3.05) is 26.2 Å². The van der Waals surface area contributed by atoms with Gasteiger partial charge in [0.1, 0.15) is 5.60 Å². The van der Waals surface area contributed by atoms with Crippen LogP contribution in [0.4, 0.5) is 13.6 Å². The third kappa shape index (κ3) is 3.26. The van der Waals surface area contributed by atoms with Crippen molar-refractivity contribution in [1.29, 1.82) is 0 Å². The van der Waals surface area contributed by atoms with Gasteiger partial charge >= 0.3 is 6.09 Å². The summed E-state index contributed by atoms with van der Waals surface area (Å²) in [6, 6.07) is 0. The molecule has 2 unspecified atom stereocenters. The van der Waals surface area contributed by atoms with Crippen LogP contribution in [0.15, 0.2) is 0 Å². The molecule has 6 heteroatoms. The maximum absolute atomic E-state index is 14.2. The molecule has 2 atom stereocenters. The van der Waals surface area contributed by atoms with Crippen LogP contribution in [-0.4, -0.2) is 48.7 Å². The Morgan fingerprint density at radius 1 is 1.29 bits per heavy atom. The average Bonchev–Trinajstić information content (AvgIpc) is 2.82. The van der Waals surface area contributed by atoms with Gasteiger partial charge < -0.3 is 15.0 Å². The first kappa shape index (κ1) is 17.9. The number of rotatable bonds is 4. The molecule has 1 N–H and O–H groups in total. The molecule has 0 radical (unpaired) electrons. The average molecular weight is 344 g/mol. The molecule has 1 amide bonds. The van der Waals surface area contributed by atoms with Crippen molar-refractivity contribution in [2.24, 2.45) is 17.3 Å². The first-order valence-corrected chi connectivity index (χ1v) is 9.22. The van der Waals surface area contributed by atoms with Gasteiger partial charge in [-0.1, -0.05) is 12.8 Å². The smallest absolute Gasteiger partial charge is 0.410 e. The van der Waals surface area contributed by atoms with Gasteiger partial charge in [-0.3, -0.25) is 0 Å². The predicted molar refractivity (Wildman–Crippen MR) is 88.1 cm³/mol. The summed E-state index contributed by atoms with van der Waals surface area (Å²) >= 11 is 0. The van der Waals surface area contributed by atoms with Crippen molar-refractivity contribution >= 4 is 6.09 Å². The molecule has 0 bridgehead atoms. The molecule has 3 fully saturated rings. The summed E-state index contributed by atoms with van der Waals surface area (Å²) in [5.74, 6) is -2.62. The molecule has 1 saturated carbocycles. The van der Waals surface area contributed by atoms with Crippen molar-refractivity contribution in [3.63, 3.8) is 0 Å². The van der Waals surface area contributed by atoms with Crippen LogP contribution in [0.5, 0.6) is 0 Å². The molecule has 3 aliphatic rings. The lowest BCUT2D eigenvalue weighted by molar-refractivity contribution is -0.00166. The van der Waals surface area contributed by atoms with Gasteiger partial charge in [-0.05, 0) is 59.0 Å². The lowest BCUT2D eigenvalue weighted by Crippen LogP contribution is -2.40. The van der Waals surface area contributed by atoms with E-state index in [2.05, 4.69) is 5.32 Å². The maximum Gasteiger partial charge on any atom is 0.410 e. The minimum Gasteiger partial charge on any atom is -0.444 e. The number of hydrogen-bond acceptors (Lipinski definition) is 3. The highest BCUT2D eigenvalue weighted by molar-refractivity contribution is 5.69. The van der Waals surface area contributed by atoms with Gasteiger partial charge in [-0.2, -0.15) is 0 Å². The van der Waals surface area contributed by atoms with Gasteiger partial charge in [0.2, 0.25) is 0 Å². The highest BCUT2D eigenvalue weighted by Crippen LogP contribution is 2.71. The van der Waals surface area contributed by atoms with Crippen LogP contribution < -0.4 is 5.32 Å². The summed E-state index contributed by atoms with van der Waals surface area (Å²) < 4.78 is 33.8. The minimum atomic E-state index is -2.61. The Balaban J connectivity index is 1.52. The molecule has 2 heterocycles. The number of carbonyl (C=O) groups is 1. The topological polar surface area (TPSA) is 41.6 Å². The number of nitrogens with zero attached hydrogens (tertiary/aromatic N) is 1. The second-order valence-electron chi connectivity index (χ2n) is 8.78. The number of nitrogens with one attached hydrogen (secondary N) is 1. The number of halogens is 2. The zero-order valence-electron chi connectivity index (χ0n) is 15.0. The molecule has 0 aromatic rings. The molecule has 4 nitrogen and oxygen atoms in total. The van der Waals surface area contributed by atoms with E-state index in [9.17, 15) is 13.6 Å². The molecular formula is C18H30F2N2O2. The summed E-state index contributed by atoms with van der Waals surface area (Å²) in [4.78, 5) is 13.6. The van der Waals surface area contributed by atoms with E-state index >= 15 is 0 Å². The lowest BCUT2D eigenvalue weighted by atomic mass is 9.89. The monoisotopic (exact) mass is 344 g/mol. The third-order valence-corrected chi connectivity index (χ3v) is 5.91. The lowest BCUT2D eigenvalue weighted by Gasteiger charge is -2.28. The molecule has 24 heavy (non-hydrogen) atoms. The van der Waals surface area contributed by atoms with Gasteiger partial charge in [0.05, 0.1) is 11.3 Å². The zero-order chi connectivity index (χ0) is 17.6. The molecule has 0 aromatic carbocycles. The summed E-state index contributed by atoms with van der Waals surface area (Å²) in [6.45, 7) is 7.75. The number of ether oxygens (including phenoxy) is 1. The van der Waals surface area contributed by atoms with Gasteiger partial charge in [-0.15, -0.1) is 0 Å². The SMILES string of the molecule is CC(C)(C)OC(=O)N1CC2C(F)(F)C2(CCCC2CCNCC2)C1. The Hall–Kier alpha value is -0.910. The highest BCUT2D eigenvalue weighted by atomic mass is 19.3. The first-order chi connectivity index (χ1) is 11.2. The Morgan fingerprint density at radius 3 is 2.58 bits per heavy atom. The van der Waals surface area contributed by atoms with Crippen molar-refractivity contribution in [1.82, 2.24) is 10.2 Å². The Morgan fingerprint density at radius 2 is 1.96 bits per heavy atom. The quantitative estimate of drug-likeness (QED) is 0.846. The number of amides is 1. The molecule has 2 saturated heterocycles. The summed E-state index contributed by atoms with van der Waals surface area (Å²) in [6.07, 6.45) is 4.22.